The van der Waals surface area contributed by atoms with Gasteiger partial charge in [0.25, 0.3) is 0 Å². The zero-order valence-corrected chi connectivity index (χ0v) is 13.1. The van der Waals surface area contributed by atoms with Crippen LogP contribution in [-0.4, -0.2) is 14.2 Å². The maximum atomic E-state index is 5.97. The minimum Gasteiger partial charge on any atom is -0.462 e. The third-order valence-corrected chi connectivity index (χ3v) is 3.74. The van der Waals surface area contributed by atoms with Crippen molar-refractivity contribution in [2.24, 2.45) is 0 Å². The van der Waals surface area contributed by atoms with E-state index in [0.717, 1.165) is 21.6 Å². The van der Waals surface area contributed by atoms with Gasteiger partial charge in [-0.25, -0.2) is 0 Å². The molecule has 102 valence electrons. The van der Waals surface area contributed by atoms with Gasteiger partial charge in [0.15, 0.2) is 0 Å². The van der Waals surface area contributed by atoms with Gasteiger partial charge in [0.05, 0.1) is 6.04 Å². The average molecular weight is 345 g/mol. The van der Waals surface area contributed by atoms with Crippen LogP contribution >= 0.6 is 27.5 Å². The monoisotopic (exact) mass is 343 g/mol. The van der Waals surface area contributed by atoms with E-state index in [-0.39, 0.29) is 6.04 Å². The fraction of sp³-hybridized carbons (Fsp3) is 0.286. The molecule has 1 N–H and O–H groups in total. The van der Waals surface area contributed by atoms with Gasteiger partial charge in [0.2, 0.25) is 0 Å². The van der Waals surface area contributed by atoms with Crippen LogP contribution in [0.3, 0.4) is 0 Å². The molecule has 0 saturated carbocycles. The van der Waals surface area contributed by atoms with Gasteiger partial charge in [-0.05, 0) is 36.9 Å². The van der Waals surface area contributed by atoms with Crippen molar-refractivity contribution in [2.75, 3.05) is 14.2 Å². The van der Waals surface area contributed by atoms with Crippen LogP contribution in [0.25, 0.3) is 0 Å². The highest BCUT2D eigenvalue weighted by atomic mass is 79.9. The van der Waals surface area contributed by atoms with Crippen LogP contribution in [-0.2, 0) is 11.3 Å². The number of hydrogen-bond acceptors (Lipinski definition) is 3. The Labute approximate surface area is 126 Å². The number of rotatable bonds is 5. The Balaban J connectivity index is 2.32. The molecule has 0 amide bonds. The molecule has 2 aromatic rings. The van der Waals surface area contributed by atoms with Gasteiger partial charge in [0, 0.05) is 16.6 Å². The van der Waals surface area contributed by atoms with Gasteiger partial charge in [-0.1, -0.05) is 33.6 Å². The summed E-state index contributed by atoms with van der Waals surface area (Å²) >= 11 is 9.50. The molecule has 1 unspecified atom stereocenters. The van der Waals surface area contributed by atoms with E-state index >= 15 is 0 Å². The van der Waals surface area contributed by atoms with Crippen molar-refractivity contribution in [2.45, 2.75) is 12.6 Å². The first-order chi connectivity index (χ1) is 9.15. The topological polar surface area (TPSA) is 34.4 Å². The summed E-state index contributed by atoms with van der Waals surface area (Å²) in [5.41, 5.74) is 1.07. The van der Waals surface area contributed by atoms with Gasteiger partial charge in [-0.15, -0.1) is 0 Å². The lowest BCUT2D eigenvalue weighted by atomic mass is 10.1. The van der Waals surface area contributed by atoms with Crippen LogP contribution in [0.4, 0.5) is 0 Å². The zero-order chi connectivity index (χ0) is 13.8. The van der Waals surface area contributed by atoms with Crippen LogP contribution < -0.4 is 5.32 Å². The van der Waals surface area contributed by atoms with Crippen LogP contribution in [0.1, 0.15) is 23.1 Å². The van der Waals surface area contributed by atoms with E-state index in [9.17, 15) is 0 Å². The lowest BCUT2D eigenvalue weighted by molar-refractivity contribution is 0.162. The van der Waals surface area contributed by atoms with Crippen LogP contribution in [0.5, 0.6) is 0 Å². The summed E-state index contributed by atoms with van der Waals surface area (Å²) in [5.74, 6) is 1.65. The van der Waals surface area contributed by atoms with E-state index in [4.69, 9.17) is 20.8 Å². The van der Waals surface area contributed by atoms with E-state index in [2.05, 4.69) is 21.2 Å². The average Bonchev–Trinajstić information content (AvgIpc) is 2.82. The van der Waals surface area contributed by atoms with Gasteiger partial charge in [-0.2, -0.15) is 0 Å². The second-order valence-electron chi connectivity index (χ2n) is 4.12. The second kappa shape index (κ2) is 6.57. The third-order valence-electron chi connectivity index (χ3n) is 2.82. The van der Waals surface area contributed by atoms with E-state index in [1.807, 2.05) is 37.4 Å². The molecule has 0 saturated heterocycles. The zero-order valence-electron chi connectivity index (χ0n) is 10.7. The smallest absolute Gasteiger partial charge is 0.129 e. The lowest BCUT2D eigenvalue weighted by Gasteiger charge is -2.16. The number of halogens is 2. The summed E-state index contributed by atoms with van der Waals surface area (Å²) in [6.07, 6.45) is 0. The van der Waals surface area contributed by atoms with Crippen LogP contribution in [0.2, 0.25) is 5.02 Å². The fourth-order valence-corrected chi connectivity index (χ4v) is 2.87. The summed E-state index contributed by atoms with van der Waals surface area (Å²) < 4.78 is 11.8. The molecule has 5 heteroatoms. The Morgan fingerprint density at radius 1 is 1.37 bits per heavy atom. The van der Waals surface area contributed by atoms with Gasteiger partial charge < -0.3 is 14.5 Å². The molecule has 1 aromatic carbocycles. The molecule has 0 aliphatic carbocycles. The lowest BCUT2D eigenvalue weighted by Crippen LogP contribution is -2.17. The minimum absolute atomic E-state index is 0.0303. The second-order valence-corrected chi connectivity index (χ2v) is 5.42. The number of furan rings is 1. The summed E-state index contributed by atoms with van der Waals surface area (Å²) in [6, 6.07) is 9.57. The van der Waals surface area contributed by atoms with Crippen molar-refractivity contribution in [3.63, 3.8) is 0 Å². The molecular weight excluding hydrogens is 330 g/mol. The largest absolute Gasteiger partial charge is 0.462 e. The third kappa shape index (κ3) is 3.39. The number of benzene rings is 1. The van der Waals surface area contributed by atoms with Crippen molar-refractivity contribution in [1.82, 2.24) is 5.32 Å². The predicted octanol–water partition coefficient (Wildman–Crippen LogP) is 4.15. The molecule has 19 heavy (non-hydrogen) atoms. The Kier molecular flexibility index (Phi) is 5.05. The van der Waals surface area contributed by atoms with E-state index in [1.165, 1.54) is 0 Å². The van der Waals surface area contributed by atoms with Crippen LogP contribution in [0.15, 0.2) is 39.2 Å². The Hall–Kier alpha value is -0.810. The summed E-state index contributed by atoms with van der Waals surface area (Å²) in [5, 5.41) is 3.94. The maximum absolute atomic E-state index is 5.97. The molecule has 1 aromatic heterocycles. The van der Waals surface area contributed by atoms with Gasteiger partial charge in [0.1, 0.15) is 18.1 Å². The van der Waals surface area contributed by atoms with Crippen molar-refractivity contribution >= 4 is 27.5 Å². The highest BCUT2D eigenvalue weighted by molar-refractivity contribution is 9.10. The molecule has 3 nitrogen and oxygen atoms in total. The molecule has 2 rings (SSSR count). The fourth-order valence-electron chi connectivity index (χ4n) is 1.96. The summed E-state index contributed by atoms with van der Waals surface area (Å²) in [4.78, 5) is 0. The summed E-state index contributed by atoms with van der Waals surface area (Å²) in [7, 11) is 3.54. The van der Waals surface area contributed by atoms with E-state index < -0.39 is 0 Å². The van der Waals surface area contributed by atoms with Crippen molar-refractivity contribution in [3.8, 4) is 0 Å². The van der Waals surface area contributed by atoms with Crippen LogP contribution in [0, 0.1) is 0 Å². The summed E-state index contributed by atoms with van der Waals surface area (Å²) in [6.45, 7) is 0.470. The number of nitrogens with one attached hydrogen (secondary N) is 1. The van der Waals surface area contributed by atoms with Crippen molar-refractivity contribution in [3.05, 3.63) is 56.9 Å². The normalized spacial score (nSPS) is 12.6. The number of hydrogen-bond donors (Lipinski definition) is 1. The molecule has 1 atom stereocenters. The molecule has 0 bridgehead atoms. The molecule has 0 radical (unpaired) electrons. The first kappa shape index (κ1) is 14.6. The van der Waals surface area contributed by atoms with Crippen molar-refractivity contribution in [1.29, 1.82) is 0 Å². The number of methoxy groups -OCH3 is 1. The molecule has 0 aliphatic rings. The molecule has 1 heterocycles. The predicted molar refractivity (Wildman–Crippen MR) is 79.5 cm³/mol. The highest BCUT2D eigenvalue weighted by Gasteiger charge is 2.18. The van der Waals surface area contributed by atoms with E-state index in [0.29, 0.717) is 11.6 Å². The maximum Gasteiger partial charge on any atom is 0.129 e. The number of ether oxygens (including phenoxy) is 1. The molecule has 0 aliphatic heterocycles. The Bertz CT molecular complexity index is 556. The minimum atomic E-state index is -0.0303. The highest BCUT2D eigenvalue weighted by Crippen LogP contribution is 2.31. The van der Waals surface area contributed by atoms with Gasteiger partial charge >= 0.3 is 0 Å². The quantitative estimate of drug-likeness (QED) is 0.885. The van der Waals surface area contributed by atoms with Crippen molar-refractivity contribution < 1.29 is 9.15 Å². The molecule has 0 spiro atoms. The Morgan fingerprint density at radius 2 is 2.16 bits per heavy atom. The SMILES string of the molecule is CNC(c1ccc(COC)o1)c1ccc(Cl)cc1Br. The first-order valence-corrected chi connectivity index (χ1v) is 7.02. The standard InChI is InChI=1S/C14H15BrClNO2/c1-17-14(11-5-3-9(16)7-12(11)15)13-6-4-10(19-13)8-18-2/h3-7,14,17H,8H2,1-2H3. The first-order valence-electron chi connectivity index (χ1n) is 5.85. The Morgan fingerprint density at radius 3 is 2.79 bits per heavy atom. The molecular formula is C14H15BrClNO2. The van der Waals surface area contributed by atoms with E-state index in [1.54, 1.807) is 7.11 Å². The van der Waals surface area contributed by atoms with Gasteiger partial charge in [-0.3, -0.25) is 0 Å². The molecule has 0 fully saturated rings.